The Morgan fingerprint density at radius 1 is 1.10 bits per heavy atom. The zero-order valence-electron chi connectivity index (χ0n) is 16.9. The van der Waals surface area contributed by atoms with Crippen molar-refractivity contribution in [2.45, 2.75) is 30.8 Å². The van der Waals surface area contributed by atoms with E-state index in [-0.39, 0.29) is 22.8 Å². The summed E-state index contributed by atoms with van der Waals surface area (Å²) in [4.78, 5) is 20.6. The number of hydrogen-bond donors (Lipinski definition) is 0. The lowest BCUT2D eigenvalue weighted by molar-refractivity contribution is 0.434. The van der Waals surface area contributed by atoms with Crippen molar-refractivity contribution in [2.24, 2.45) is 7.05 Å². The average molecular weight is 447 g/mol. The van der Waals surface area contributed by atoms with Crippen molar-refractivity contribution in [1.29, 1.82) is 0 Å². The fourth-order valence-corrected chi connectivity index (χ4v) is 4.16. The summed E-state index contributed by atoms with van der Waals surface area (Å²) in [6, 6.07) is 2.84. The molecule has 1 aliphatic carbocycles. The van der Waals surface area contributed by atoms with E-state index in [1.807, 2.05) is 0 Å². The van der Waals surface area contributed by atoms with Crippen LogP contribution in [0.3, 0.4) is 0 Å². The number of halogens is 2. The number of pyridine rings is 1. The van der Waals surface area contributed by atoms with Gasteiger partial charge in [-0.15, -0.1) is 0 Å². The van der Waals surface area contributed by atoms with Crippen molar-refractivity contribution in [3.05, 3.63) is 63.7 Å². The van der Waals surface area contributed by atoms with Gasteiger partial charge in [0.1, 0.15) is 11.5 Å². The second-order valence-electron chi connectivity index (χ2n) is 7.44. The number of hydrogen-bond acceptors (Lipinski definition) is 6. The molecule has 3 aromatic rings. The molecule has 162 valence electrons. The van der Waals surface area contributed by atoms with Gasteiger partial charge in [0, 0.05) is 36.7 Å². The topological polar surface area (TPSA) is 91.2 Å². The van der Waals surface area contributed by atoms with Gasteiger partial charge in [0.25, 0.3) is 5.56 Å². The summed E-state index contributed by atoms with van der Waals surface area (Å²) in [5, 5.41) is -0.423. The van der Waals surface area contributed by atoms with E-state index in [0.29, 0.717) is 30.0 Å². The molecule has 0 spiro atoms. The van der Waals surface area contributed by atoms with Crippen molar-refractivity contribution in [1.82, 2.24) is 14.5 Å². The lowest BCUT2D eigenvalue weighted by Crippen LogP contribution is -2.25. The van der Waals surface area contributed by atoms with Crippen molar-refractivity contribution < 1.29 is 21.9 Å². The molecule has 0 saturated carbocycles. The zero-order valence-corrected chi connectivity index (χ0v) is 17.7. The molecule has 0 atom stereocenters. The van der Waals surface area contributed by atoms with E-state index in [0.717, 1.165) is 43.0 Å². The first-order valence-corrected chi connectivity index (χ1v) is 11.5. The number of ether oxygens (including phenoxy) is 1. The maximum atomic E-state index is 14.2. The van der Waals surface area contributed by atoms with Gasteiger partial charge in [-0.05, 0) is 43.4 Å². The van der Waals surface area contributed by atoms with Crippen LogP contribution >= 0.6 is 0 Å². The summed E-state index contributed by atoms with van der Waals surface area (Å²) in [6.45, 7) is 0. The Hall–Kier alpha value is -3.14. The standard InChI is InChI=1S/C21H19F2N3O4S/c1-26-11-15(13-5-3-4-6-14(13)20(26)27)19-18(10-24-21(25-19)31(2,28)29)30-17-8-7-12(22)9-16(17)23/h7-11H,3-6H2,1-2H3. The van der Waals surface area contributed by atoms with Gasteiger partial charge in [-0.3, -0.25) is 4.79 Å². The highest BCUT2D eigenvalue weighted by Crippen LogP contribution is 2.37. The number of fused-ring (bicyclic) bond motifs is 1. The molecule has 0 aliphatic heterocycles. The molecule has 10 heteroatoms. The Bertz CT molecular complexity index is 1350. The van der Waals surface area contributed by atoms with Crippen molar-refractivity contribution in [3.8, 4) is 22.8 Å². The van der Waals surface area contributed by atoms with Gasteiger partial charge in [-0.25, -0.2) is 27.2 Å². The SMILES string of the molecule is Cn1cc(-c2nc(S(C)(=O)=O)ncc2Oc2ccc(F)cc2F)c2c(c1=O)CCCC2. The Labute approximate surface area is 177 Å². The predicted octanol–water partition coefficient (Wildman–Crippen LogP) is 3.20. The summed E-state index contributed by atoms with van der Waals surface area (Å²) < 4.78 is 58.6. The third-order valence-corrected chi connectivity index (χ3v) is 5.99. The first-order valence-electron chi connectivity index (χ1n) is 9.57. The number of nitrogens with zero attached hydrogens (tertiary/aromatic N) is 3. The predicted molar refractivity (Wildman–Crippen MR) is 109 cm³/mol. The summed E-state index contributed by atoms with van der Waals surface area (Å²) in [6.07, 6.45) is 6.62. The van der Waals surface area contributed by atoms with E-state index < -0.39 is 26.6 Å². The molecule has 0 unspecified atom stereocenters. The van der Waals surface area contributed by atoms with Gasteiger partial charge in [0.15, 0.2) is 17.3 Å². The van der Waals surface area contributed by atoms with Crippen LogP contribution in [0.15, 0.2) is 40.5 Å². The minimum absolute atomic E-state index is 0.00988. The fourth-order valence-electron chi connectivity index (χ4n) is 3.66. The number of sulfone groups is 1. The maximum absolute atomic E-state index is 14.2. The number of aromatic nitrogens is 3. The van der Waals surface area contributed by atoms with E-state index in [4.69, 9.17) is 4.74 Å². The molecule has 1 aliphatic rings. The van der Waals surface area contributed by atoms with E-state index in [1.54, 1.807) is 13.2 Å². The van der Waals surface area contributed by atoms with Crippen LogP contribution in [-0.4, -0.2) is 29.2 Å². The molecule has 0 amide bonds. The molecule has 4 rings (SSSR count). The van der Waals surface area contributed by atoms with Crippen molar-refractivity contribution >= 4 is 9.84 Å². The van der Waals surface area contributed by atoms with Crippen molar-refractivity contribution in [2.75, 3.05) is 6.26 Å². The summed E-state index contributed by atoms with van der Waals surface area (Å²) in [7, 11) is -2.15. The Kier molecular flexibility index (Phi) is 5.34. The summed E-state index contributed by atoms with van der Waals surface area (Å²) in [5.74, 6) is -1.97. The van der Waals surface area contributed by atoms with Crippen LogP contribution < -0.4 is 10.3 Å². The molecule has 7 nitrogen and oxygen atoms in total. The second-order valence-corrected chi connectivity index (χ2v) is 9.35. The lowest BCUT2D eigenvalue weighted by Gasteiger charge is -2.21. The summed E-state index contributed by atoms with van der Waals surface area (Å²) >= 11 is 0. The first-order chi connectivity index (χ1) is 14.6. The van der Waals surface area contributed by atoms with Crippen LogP contribution in [-0.2, 0) is 29.7 Å². The molecule has 0 radical (unpaired) electrons. The molecule has 0 fully saturated rings. The van der Waals surface area contributed by atoms with Crippen LogP contribution in [0.1, 0.15) is 24.0 Å². The Morgan fingerprint density at radius 3 is 2.48 bits per heavy atom. The fraction of sp³-hybridized carbons (Fsp3) is 0.286. The maximum Gasteiger partial charge on any atom is 0.253 e. The molecular formula is C21H19F2N3O4S. The quantitative estimate of drug-likeness (QED) is 0.571. The molecule has 2 heterocycles. The second kappa shape index (κ2) is 7.84. The first kappa shape index (κ1) is 21.1. The van der Waals surface area contributed by atoms with Crippen LogP contribution in [0.2, 0.25) is 0 Å². The van der Waals surface area contributed by atoms with E-state index in [2.05, 4.69) is 9.97 Å². The minimum Gasteiger partial charge on any atom is -0.450 e. The van der Waals surface area contributed by atoms with Gasteiger partial charge in [0.2, 0.25) is 15.0 Å². The molecule has 1 aromatic carbocycles. The average Bonchev–Trinajstić information content (AvgIpc) is 2.72. The normalized spacial score (nSPS) is 13.7. The van der Waals surface area contributed by atoms with Crippen molar-refractivity contribution in [3.63, 3.8) is 0 Å². The van der Waals surface area contributed by atoms with E-state index in [9.17, 15) is 22.0 Å². The van der Waals surface area contributed by atoms with E-state index >= 15 is 0 Å². The third kappa shape index (κ3) is 4.07. The van der Waals surface area contributed by atoms with E-state index in [1.165, 1.54) is 4.57 Å². The third-order valence-electron chi connectivity index (χ3n) is 5.13. The Balaban J connectivity index is 1.96. The van der Waals surface area contributed by atoms with Gasteiger partial charge in [-0.2, -0.15) is 0 Å². The van der Waals surface area contributed by atoms with Gasteiger partial charge >= 0.3 is 0 Å². The van der Waals surface area contributed by atoms with Crippen LogP contribution in [0.5, 0.6) is 11.5 Å². The number of benzene rings is 1. The monoisotopic (exact) mass is 447 g/mol. The van der Waals surface area contributed by atoms with Gasteiger partial charge in [-0.1, -0.05) is 0 Å². The van der Waals surface area contributed by atoms with Gasteiger partial charge in [0.05, 0.1) is 6.20 Å². The molecule has 31 heavy (non-hydrogen) atoms. The molecular weight excluding hydrogens is 428 g/mol. The van der Waals surface area contributed by atoms with Crippen LogP contribution in [0.25, 0.3) is 11.3 Å². The number of aryl methyl sites for hydroxylation is 1. The van der Waals surface area contributed by atoms with Crippen LogP contribution in [0, 0.1) is 11.6 Å². The molecule has 0 saturated heterocycles. The minimum atomic E-state index is -3.75. The number of rotatable bonds is 4. The zero-order chi connectivity index (χ0) is 22.3. The summed E-state index contributed by atoms with van der Waals surface area (Å²) in [5.41, 5.74) is 1.92. The highest BCUT2D eigenvalue weighted by atomic mass is 32.2. The molecule has 0 bridgehead atoms. The molecule has 0 N–H and O–H groups in total. The smallest absolute Gasteiger partial charge is 0.253 e. The van der Waals surface area contributed by atoms with Crippen LogP contribution in [0.4, 0.5) is 8.78 Å². The van der Waals surface area contributed by atoms with Gasteiger partial charge < -0.3 is 9.30 Å². The lowest BCUT2D eigenvalue weighted by atomic mass is 9.88. The highest BCUT2D eigenvalue weighted by Gasteiger charge is 2.25. The largest absolute Gasteiger partial charge is 0.450 e. The molecule has 2 aromatic heterocycles. The highest BCUT2D eigenvalue weighted by molar-refractivity contribution is 7.90. The Morgan fingerprint density at radius 2 is 1.81 bits per heavy atom.